The maximum atomic E-state index is 12.5. The van der Waals surface area contributed by atoms with Gasteiger partial charge in [0, 0.05) is 24.7 Å². The van der Waals surface area contributed by atoms with Gasteiger partial charge < -0.3 is 14.6 Å². The van der Waals surface area contributed by atoms with Gasteiger partial charge in [0.15, 0.2) is 0 Å². The lowest BCUT2D eigenvalue weighted by atomic mass is 9.92. The first-order chi connectivity index (χ1) is 13.1. The highest BCUT2D eigenvalue weighted by Crippen LogP contribution is 2.26. The fourth-order valence-electron chi connectivity index (χ4n) is 3.77. The second kappa shape index (κ2) is 7.39. The number of ether oxygens (including phenoxy) is 1. The minimum Gasteiger partial charge on any atom is -0.490 e. The Morgan fingerprint density at radius 2 is 2.00 bits per heavy atom. The number of benzene rings is 1. The number of fused-ring (bicyclic) bond motifs is 1. The third-order valence-electron chi connectivity index (χ3n) is 5.22. The van der Waals surface area contributed by atoms with Crippen LogP contribution in [0.15, 0.2) is 42.9 Å². The SMILES string of the molecule is Cc1ncn(C)c1C(=O)NC1CCC(Oc2ccc3ncccc3c2)CC1. The molecule has 1 amide bonds. The van der Waals surface area contributed by atoms with Crippen molar-refractivity contribution in [2.75, 3.05) is 0 Å². The number of amides is 1. The highest BCUT2D eigenvalue weighted by atomic mass is 16.5. The molecular formula is C21H24N4O2. The summed E-state index contributed by atoms with van der Waals surface area (Å²) in [5.74, 6) is 0.840. The van der Waals surface area contributed by atoms with Crippen molar-refractivity contribution in [1.82, 2.24) is 19.9 Å². The van der Waals surface area contributed by atoms with Gasteiger partial charge in [-0.15, -0.1) is 0 Å². The molecule has 140 valence electrons. The quantitative estimate of drug-likeness (QED) is 0.770. The summed E-state index contributed by atoms with van der Waals surface area (Å²) < 4.78 is 7.94. The van der Waals surface area contributed by atoms with E-state index in [1.165, 1.54) is 0 Å². The third-order valence-corrected chi connectivity index (χ3v) is 5.22. The number of imidazole rings is 1. The minimum atomic E-state index is -0.0427. The predicted molar refractivity (Wildman–Crippen MR) is 104 cm³/mol. The molecule has 1 aliphatic rings. The Labute approximate surface area is 158 Å². The van der Waals surface area contributed by atoms with E-state index in [0.717, 1.165) is 48.0 Å². The predicted octanol–water partition coefficient (Wildman–Crippen LogP) is 3.40. The minimum absolute atomic E-state index is 0.0427. The fourth-order valence-corrected chi connectivity index (χ4v) is 3.77. The van der Waals surface area contributed by atoms with Crippen molar-refractivity contribution < 1.29 is 9.53 Å². The monoisotopic (exact) mass is 364 g/mol. The molecule has 0 saturated heterocycles. The number of carbonyl (C=O) groups excluding carboxylic acids is 1. The Morgan fingerprint density at radius 3 is 2.74 bits per heavy atom. The van der Waals surface area contributed by atoms with Gasteiger partial charge in [-0.1, -0.05) is 6.07 Å². The van der Waals surface area contributed by atoms with Crippen LogP contribution in [-0.4, -0.2) is 32.6 Å². The number of hydrogen-bond donors (Lipinski definition) is 1. The highest BCUT2D eigenvalue weighted by Gasteiger charge is 2.25. The molecule has 0 unspecified atom stereocenters. The molecule has 6 heteroatoms. The molecule has 4 rings (SSSR count). The van der Waals surface area contributed by atoms with Crippen molar-refractivity contribution in [1.29, 1.82) is 0 Å². The van der Waals surface area contributed by atoms with E-state index in [-0.39, 0.29) is 18.1 Å². The molecule has 2 heterocycles. The zero-order valence-corrected chi connectivity index (χ0v) is 15.7. The number of hydrogen-bond acceptors (Lipinski definition) is 4. The largest absolute Gasteiger partial charge is 0.490 e. The summed E-state index contributed by atoms with van der Waals surface area (Å²) in [7, 11) is 1.85. The van der Waals surface area contributed by atoms with Crippen LogP contribution in [0.1, 0.15) is 41.9 Å². The summed E-state index contributed by atoms with van der Waals surface area (Å²) in [6, 6.07) is 10.2. The van der Waals surface area contributed by atoms with E-state index in [1.807, 2.05) is 44.3 Å². The number of aromatic nitrogens is 3. The molecule has 1 aromatic carbocycles. The molecule has 6 nitrogen and oxygen atoms in total. The number of aryl methyl sites for hydroxylation is 2. The molecular weight excluding hydrogens is 340 g/mol. The van der Waals surface area contributed by atoms with Crippen molar-refractivity contribution in [3.8, 4) is 5.75 Å². The molecule has 0 atom stereocenters. The van der Waals surface area contributed by atoms with Crippen LogP contribution in [0.5, 0.6) is 5.75 Å². The summed E-state index contributed by atoms with van der Waals surface area (Å²) in [4.78, 5) is 21.0. The van der Waals surface area contributed by atoms with Gasteiger partial charge in [-0.2, -0.15) is 0 Å². The first-order valence-corrected chi connectivity index (χ1v) is 9.40. The summed E-state index contributed by atoms with van der Waals surface area (Å²) in [6.07, 6.45) is 7.36. The molecule has 0 aliphatic heterocycles. The molecule has 0 spiro atoms. The summed E-state index contributed by atoms with van der Waals surface area (Å²) >= 11 is 0. The Morgan fingerprint density at radius 1 is 1.19 bits per heavy atom. The lowest BCUT2D eigenvalue weighted by Gasteiger charge is -2.29. The van der Waals surface area contributed by atoms with Crippen LogP contribution in [0.3, 0.4) is 0 Å². The van der Waals surface area contributed by atoms with Crippen molar-refractivity contribution in [3.63, 3.8) is 0 Å². The van der Waals surface area contributed by atoms with E-state index < -0.39 is 0 Å². The molecule has 27 heavy (non-hydrogen) atoms. The molecule has 0 bridgehead atoms. The first kappa shape index (κ1) is 17.5. The molecule has 1 aliphatic carbocycles. The topological polar surface area (TPSA) is 69.0 Å². The van der Waals surface area contributed by atoms with Crippen LogP contribution in [-0.2, 0) is 7.05 Å². The van der Waals surface area contributed by atoms with Gasteiger partial charge >= 0.3 is 0 Å². The smallest absolute Gasteiger partial charge is 0.270 e. The van der Waals surface area contributed by atoms with Crippen LogP contribution in [0.4, 0.5) is 0 Å². The Kier molecular flexibility index (Phi) is 4.79. The lowest BCUT2D eigenvalue weighted by Crippen LogP contribution is -2.40. The van der Waals surface area contributed by atoms with Gasteiger partial charge in [-0.25, -0.2) is 4.98 Å². The molecule has 1 saturated carbocycles. The van der Waals surface area contributed by atoms with Gasteiger partial charge in [-0.3, -0.25) is 9.78 Å². The maximum Gasteiger partial charge on any atom is 0.270 e. The normalized spacial score (nSPS) is 19.8. The van der Waals surface area contributed by atoms with Crippen LogP contribution >= 0.6 is 0 Å². The van der Waals surface area contributed by atoms with Gasteiger partial charge in [-0.05, 0) is 56.9 Å². The number of nitrogens with one attached hydrogen (secondary N) is 1. The van der Waals surface area contributed by atoms with Crippen molar-refractivity contribution in [2.45, 2.75) is 44.8 Å². The molecule has 3 aromatic rings. The van der Waals surface area contributed by atoms with E-state index in [2.05, 4.69) is 15.3 Å². The van der Waals surface area contributed by atoms with E-state index in [9.17, 15) is 4.79 Å². The second-order valence-corrected chi connectivity index (χ2v) is 7.21. The lowest BCUT2D eigenvalue weighted by molar-refractivity contribution is 0.0885. The van der Waals surface area contributed by atoms with Gasteiger partial charge in [0.2, 0.25) is 0 Å². The standard InChI is InChI=1S/C21H24N4O2/c1-14-20(25(2)13-23-14)21(26)24-16-5-7-17(8-6-16)27-18-9-10-19-15(12-18)4-3-11-22-19/h3-4,9-13,16-17H,5-8H2,1-2H3,(H,24,26). The average molecular weight is 364 g/mol. The molecule has 2 aromatic heterocycles. The zero-order chi connectivity index (χ0) is 18.8. The van der Waals surface area contributed by atoms with Crippen LogP contribution in [0.2, 0.25) is 0 Å². The highest BCUT2D eigenvalue weighted by molar-refractivity contribution is 5.93. The number of nitrogens with zero attached hydrogens (tertiary/aromatic N) is 3. The van der Waals surface area contributed by atoms with Gasteiger partial charge in [0.25, 0.3) is 5.91 Å². The van der Waals surface area contributed by atoms with Gasteiger partial charge in [0.05, 0.1) is 23.6 Å². The molecule has 0 radical (unpaired) electrons. The van der Waals surface area contributed by atoms with E-state index in [0.29, 0.717) is 5.69 Å². The maximum absolute atomic E-state index is 12.5. The van der Waals surface area contributed by atoms with Crippen LogP contribution in [0, 0.1) is 6.92 Å². The van der Waals surface area contributed by atoms with Crippen molar-refractivity contribution in [3.05, 3.63) is 54.2 Å². The van der Waals surface area contributed by atoms with Gasteiger partial charge in [0.1, 0.15) is 11.4 Å². The second-order valence-electron chi connectivity index (χ2n) is 7.21. The number of rotatable bonds is 4. The van der Waals surface area contributed by atoms with Crippen molar-refractivity contribution >= 4 is 16.8 Å². The summed E-state index contributed by atoms with van der Waals surface area (Å²) in [5, 5.41) is 4.23. The summed E-state index contributed by atoms with van der Waals surface area (Å²) in [6.45, 7) is 1.86. The number of carbonyl (C=O) groups is 1. The first-order valence-electron chi connectivity index (χ1n) is 9.40. The summed E-state index contributed by atoms with van der Waals surface area (Å²) in [5.41, 5.74) is 2.37. The fraction of sp³-hybridized carbons (Fsp3) is 0.381. The van der Waals surface area contributed by atoms with E-state index in [4.69, 9.17) is 4.74 Å². The zero-order valence-electron chi connectivity index (χ0n) is 15.7. The Bertz CT molecular complexity index is 938. The molecule has 1 N–H and O–H groups in total. The Hall–Kier alpha value is -2.89. The van der Waals surface area contributed by atoms with E-state index >= 15 is 0 Å². The van der Waals surface area contributed by atoms with Crippen LogP contribution in [0.25, 0.3) is 10.9 Å². The van der Waals surface area contributed by atoms with Crippen LogP contribution < -0.4 is 10.1 Å². The number of pyridine rings is 1. The third kappa shape index (κ3) is 3.79. The average Bonchev–Trinajstić information content (AvgIpc) is 3.01. The van der Waals surface area contributed by atoms with Crippen molar-refractivity contribution in [2.24, 2.45) is 7.05 Å². The van der Waals surface area contributed by atoms with E-state index in [1.54, 1.807) is 17.1 Å². The Balaban J connectivity index is 1.32. The molecule has 1 fully saturated rings.